The van der Waals surface area contributed by atoms with Crippen LogP contribution in [-0.4, -0.2) is 127 Å². The van der Waals surface area contributed by atoms with E-state index in [9.17, 15) is 36.7 Å². The van der Waals surface area contributed by atoms with E-state index < -0.39 is 72.6 Å². The number of amides is 3. The Morgan fingerprint density at radius 1 is 1.03 bits per heavy atom. The zero-order valence-corrected chi connectivity index (χ0v) is 35.6. The maximum Gasteiger partial charge on any atom is 0.329 e. The van der Waals surface area contributed by atoms with E-state index in [0.717, 1.165) is 0 Å². The topological polar surface area (TPSA) is 169 Å². The fourth-order valence-corrected chi connectivity index (χ4v) is 9.98. The van der Waals surface area contributed by atoms with Gasteiger partial charge in [-0.25, -0.2) is 40.6 Å². The Kier molecular flexibility index (Phi) is 11.9. The number of piperidine rings is 2. The molecule has 9 rings (SSSR count). The molecule has 348 valence electrons. The summed E-state index contributed by atoms with van der Waals surface area (Å²) in [5.41, 5.74) is 0.0788. The van der Waals surface area contributed by atoms with Crippen molar-refractivity contribution in [3.05, 3.63) is 64.6 Å². The molecule has 4 aromatic heterocycles. The van der Waals surface area contributed by atoms with E-state index in [0.29, 0.717) is 61.3 Å². The Labute approximate surface area is 367 Å². The number of anilines is 3. The highest BCUT2D eigenvalue weighted by atomic mass is 19.3. The summed E-state index contributed by atoms with van der Waals surface area (Å²) in [6.07, 6.45) is -0.172. The lowest BCUT2D eigenvalue weighted by Gasteiger charge is -2.44. The van der Waals surface area contributed by atoms with Crippen molar-refractivity contribution in [3.63, 3.8) is 0 Å². The minimum atomic E-state index is -3.14. The summed E-state index contributed by atoms with van der Waals surface area (Å²) in [4.78, 5) is 60.9. The van der Waals surface area contributed by atoms with Gasteiger partial charge in [0, 0.05) is 45.5 Å². The molecule has 4 aliphatic rings. The first-order chi connectivity index (χ1) is 31.1. The number of imide groups is 1. The van der Waals surface area contributed by atoms with Gasteiger partial charge in [-0.2, -0.15) is 10.2 Å². The highest BCUT2D eigenvalue weighted by Gasteiger charge is 2.47. The number of nitrogens with one attached hydrogen (secondary N) is 2. The molecule has 4 fully saturated rings. The van der Waals surface area contributed by atoms with Gasteiger partial charge in [0.1, 0.15) is 23.5 Å². The molecule has 0 bridgehead atoms. The minimum absolute atomic E-state index is 0.0228. The largest absolute Gasteiger partial charge is 0.369 e. The zero-order chi connectivity index (χ0) is 45.9. The number of rotatable bonds is 11. The van der Waals surface area contributed by atoms with Crippen molar-refractivity contribution in [2.24, 2.45) is 13.0 Å². The Morgan fingerprint density at radius 2 is 1.82 bits per heavy atom. The van der Waals surface area contributed by atoms with E-state index >= 15 is 8.78 Å². The molecule has 1 aromatic carbocycles. The number of halogens is 6. The van der Waals surface area contributed by atoms with Crippen LogP contribution in [-0.2, 0) is 21.4 Å². The molecule has 3 aliphatic heterocycles. The molecule has 3 amide bonds. The lowest BCUT2D eigenvalue weighted by atomic mass is 9.85. The molecule has 5 aromatic rings. The van der Waals surface area contributed by atoms with E-state index in [1.54, 1.807) is 46.0 Å². The molecule has 1 saturated carbocycles. The third-order valence-corrected chi connectivity index (χ3v) is 13.3. The molecule has 2 N–H and O–H groups in total. The van der Waals surface area contributed by atoms with Gasteiger partial charge in [-0.1, -0.05) is 6.07 Å². The van der Waals surface area contributed by atoms with Gasteiger partial charge in [0.2, 0.25) is 11.8 Å². The highest BCUT2D eigenvalue weighted by Crippen LogP contribution is 2.39. The average Bonchev–Trinajstić information content (AvgIpc) is 3.97. The quantitative estimate of drug-likeness (QED) is 0.138. The standard InChI is InChI=1S/C42H48F6N12O5/c1-54(31-12-14-57(22-42(31,47)48)27-4-3-5-28-35(27)55(2)41(64)60(28)29-10-11-33(61)52-40(29)63)19-23-6-8-24(9-7-23)59-20-26(34(53-59)37(45)46)50-39(62)25-18-49-58-15-13-32(51-38(25)58)56-16-17-65-30(21-56)36(43)44/h3-5,13,15,18,20,23-24,29-31,36-37H,6-12,14,16-17,19,21-22H2,1-2H3,(H,50,62)(H,52,61,63)/t23-,24-,29?,30-,31?/m1/s1. The highest BCUT2D eigenvalue weighted by molar-refractivity contribution is 6.08. The van der Waals surface area contributed by atoms with Crippen LogP contribution in [0, 0.1) is 5.92 Å². The first-order valence-electron chi connectivity index (χ1n) is 21.6. The second kappa shape index (κ2) is 17.4. The number of alkyl halides is 6. The summed E-state index contributed by atoms with van der Waals surface area (Å²) in [6.45, 7) is 0.330. The summed E-state index contributed by atoms with van der Waals surface area (Å²) in [5.74, 6) is -4.52. The van der Waals surface area contributed by atoms with Crippen LogP contribution < -0.4 is 26.1 Å². The predicted octanol–water partition coefficient (Wildman–Crippen LogP) is 4.79. The first-order valence-corrected chi connectivity index (χ1v) is 21.6. The van der Waals surface area contributed by atoms with E-state index in [4.69, 9.17) is 4.74 Å². The van der Waals surface area contributed by atoms with E-state index in [1.807, 2.05) is 0 Å². The monoisotopic (exact) mass is 914 g/mol. The molecular weight excluding hydrogens is 867 g/mol. The number of imidazole rings is 1. The summed E-state index contributed by atoms with van der Waals surface area (Å²) in [7, 11) is 3.22. The normalized spacial score (nSPS) is 24.2. The Bertz CT molecular complexity index is 2670. The van der Waals surface area contributed by atoms with Crippen molar-refractivity contribution < 1.29 is 45.5 Å². The van der Waals surface area contributed by atoms with Crippen LogP contribution in [0.3, 0.4) is 0 Å². The fourth-order valence-electron chi connectivity index (χ4n) is 9.98. The number of carbonyl (C=O) groups excluding carboxylic acids is 3. The van der Waals surface area contributed by atoms with Crippen LogP contribution >= 0.6 is 0 Å². The molecule has 3 atom stereocenters. The molecular formula is C42H48F6N12O5. The van der Waals surface area contributed by atoms with Crippen LogP contribution in [0.1, 0.15) is 79.5 Å². The van der Waals surface area contributed by atoms with Crippen LogP contribution in [0.25, 0.3) is 16.7 Å². The molecule has 0 radical (unpaired) electrons. The average molecular weight is 915 g/mol. The second-order valence-corrected chi connectivity index (χ2v) is 17.4. The number of benzene rings is 1. The van der Waals surface area contributed by atoms with Gasteiger partial charge in [-0.3, -0.25) is 38.4 Å². The van der Waals surface area contributed by atoms with Gasteiger partial charge in [0.25, 0.3) is 24.7 Å². The SMILES string of the molecule is CN(C[C@H]1CC[C@H](n2cc(NC(=O)c3cnn4ccc(N5CCO[C@@H](C(F)F)C5)nc34)c(C(F)F)n2)CC1)C1CCN(c2cccc3c2n(C)c(=O)n3C2CCC(=O)NC2=O)CC1(F)F. The maximum absolute atomic E-state index is 16.2. The molecule has 3 saturated heterocycles. The van der Waals surface area contributed by atoms with Crippen molar-refractivity contribution in [2.45, 2.75) is 87.9 Å². The lowest BCUT2D eigenvalue weighted by Crippen LogP contribution is -2.58. The molecule has 23 heteroatoms. The Morgan fingerprint density at radius 3 is 2.54 bits per heavy atom. The lowest BCUT2D eigenvalue weighted by molar-refractivity contribution is -0.135. The van der Waals surface area contributed by atoms with E-state index in [2.05, 4.69) is 25.8 Å². The summed E-state index contributed by atoms with van der Waals surface area (Å²) in [5, 5.41) is 13.1. The number of carbonyl (C=O) groups is 3. The number of hydrogen-bond acceptors (Lipinski definition) is 11. The third kappa shape index (κ3) is 8.43. The van der Waals surface area contributed by atoms with Crippen LogP contribution in [0.15, 0.2) is 47.7 Å². The molecule has 2 unspecified atom stereocenters. The summed E-state index contributed by atoms with van der Waals surface area (Å²) >= 11 is 0. The first kappa shape index (κ1) is 44.2. The number of hydrogen-bond donors (Lipinski definition) is 2. The zero-order valence-electron chi connectivity index (χ0n) is 35.6. The number of nitrogens with zero attached hydrogens (tertiary/aromatic N) is 10. The van der Waals surface area contributed by atoms with Gasteiger partial charge in [0.15, 0.2) is 11.3 Å². The Hall–Kier alpha value is -5.97. The number of ether oxygens (including phenoxy) is 1. The second-order valence-electron chi connectivity index (χ2n) is 17.4. The van der Waals surface area contributed by atoms with Crippen LogP contribution in [0.2, 0.25) is 0 Å². The van der Waals surface area contributed by atoms with Gasteiger partial charge < -0.3 is 19.9 Å². The number of aryl methyl sites for hydroxylation is 1. The number of morpholine rings is 1. The van der Waals surface area contributed by atoms with Crippen molar-refractivity contribution in [1.82, 2.24) is 43.7 Å². The number of fused-ring (bicyclic) bond motifs is 2. The molecule has 65 heavy (non-hydrogen) atoms. The molecule has 17 nitrogen and oxygen atoms in total. The molecule has 1 aliphatic carbocycles. The van der Waals surface area contributed by atoms with Crippen molar-refractivity contribution in [1.29, 1.82) is 0 Å². The smallest absolute Gasteiger partial charge is 0.329 e. The van der Waals surface area contributed by atoms with Crippen LogP contribution in [0.5, 0.6) is 0 Å². The van der Waals surface area contributed by atoms with Crippen molar-refractivity contribution in [2.75, 3.05) is 61.5 Å². The number of para-hydroxylation sites is 1. The van der Waals surface area contributed by atoms with E-state index in [-0.39, 0.29) is 67.8 Å². The van der Waals surface area contributed by atoms with Crippen LogP contribution in [0.4, 0.5) is 43.5 Å². The number of aromatic nitrogens is 7. The van der Waals surface area contributed by atoms with E-state index in [1.165, 1.54) is 44.0 Å². The van der Waals surface area contributed by atoms with Crippen molar-refractivity contribution in [3.8, 4) is 0 Å². The van der Waals surface area contributed by atoms with Gasteiger partial charge in [0.05, 0.1) is 60.4 Å². The minimum Gasteiger partial charge on any atom is -0.369 e. The predicted molar refractivity (Wildman–Crippen MR) is 224 cm³/mol. The van der Waals surface area contributed by atoms with Gasteiger partial charge in [-0.15, -0.1) is 0 Å². The molecule has 7 heterocycles. The molecule has 0 spiro atoms. The van der Waals surface area contributed by atoms with Gasteiger partial charge >= 0.3 is 5.69 Å². The maximum atomic E-state index is 16.2. The fraction of sp³-hybridized carbons (Fsp3) is 0.548. The van der Waals surface area contributed by atoms with Gasteiger partial charge in [-0.05, 0) is 69.7 Å². The third-order valence-electron chi connectivity index (χ3n) is 13.3. The summed E-state index contributed by atoms with van der Waals surface area (Å²) in [6, 6.07) is 4.35. The Balaban J connectivity index is 0.824. The van der Waals surface area contributed by atoms with Crippen molar-refractivity contribution >= 4 is 51.6 Å². The summed E-state index contributed by atoms with van der Waals surface area (Å²) < 4.78 is 98.3.